The topological polar surface area (TPSA) is 72.2 Å². The minimum absolute atomic E-state index is 0.0663. The van der Waals surface area contributed by atoms with Gasteiger partial charge in [-0.2, -0.15) is 0 Å². The van der Waals surface area contributed by atoms with Crippen LogP contribution in [0.3, 0.4) is 0 Å². The average Bonchev–Trinajstić information content (AvgIpc) is 2.41. The second-order valence-electron chi connectivity index (χ2n) is 5.78. The van der Waals surface area contributed by atoms with Crippen molar-refractivity contribution in [3.63, 3.8) is 0 Å². The van der Waals surface area contributed by atoms with Gasteiger partial charge in [0.25, 0.3) is 0 Å². The molecule has 0 heterocycles. The number of benzene rings is 1. The minimum Gasteiger partial charge on any atom is -0.399 e. The molecular formula is C15H24N2O2S. The number of hydrogen-bond acceptors (Lipinski definition) is 3. The summed E-state index contributed by atoms with van der Waals surface area (Å²) in [7, 11) is -3.44. The van der Waals surface area contributed by atoms with Gasteiger partial charge >= 0.3 is 0 Å². The fraction of sp³-hybridized carbons (Fsp3) is 0.600. The van der Waals surface area contributed by atoms with Gasteiger partial charge in [0.05, 0.1) is 4.90 Å². The van der Waals surface area contributed by atoms with Crippen molar-refractivity contribution in [1.82, 2.24) is 4.72 Å². The second kappa shape index (κ2) is 6.14. The first kappa shape index (κ1) is 15.3. The van der Waals surface area contributed by atoms with E-state index in [2.05, 4.69) is 11.6 Å². The Morgan fingerprint density at radius 2 is 2.10 bits per heavy atom. The van der Waals surface area contributed by atoms with Crippen molar-refractivity contribution < 1.29 is 8.42 Å². The predicted octanol–water partition coefficient (Wildman–Crippen LogP) is 2.82. The predicted molar refractivity (Wildman–Crippen MR) is 81.9 cm³/mol. The second-order valence-corrected chi connectivity index (χ2v) is 7.49. The van der Waals surface area contributed by atoms with Crippen molar-refractivity contribution in [2.75, 3.05) is 5.73 Å². The molecule has 1 aliphatic carbocycles. The van der Waals surface area contributed by atoms with Crippen LogP contribution in [0.25, 0.3) is 0 Å². The highest BCUT2D eigenvalue weighted by Crippen LogP contribution is 2.27. The zero-order chi connectivity index (χ0) is 14.8. The number of nitrogens with two attached hydrogens (primary N) is 1. The Morgan fingerprint density at radius 3 is 2.75 bits per heavy atom. The fourth-order valence-electron chi connectivity index (χ4n) is 2.87. The molecule has 3 N–H and O–H groups in total. The number of aryl methyl sites for hydroxylation is 1. The van der Waals surface area contributed by atoms with Gasteiger partial charge in [0.15, 0.2) is 0 Å². The molecule has 20 heavy (non-hydrogen) atoms. The summed E-state index contributed by atoms with van der Waals surface area (Å²) in [5, 5.41) is 0. The average molecular weight is 296 g/mol. The Kier molecular flexibility index (Phi) is 4.70. The van der Waals surface area contributed by atoms with Crippen molar-refractivity contribution in [3.05, 3.63) is 23.8 Å². The van der Waals surface area contributed by atoms with Gasteiger partial charge in [0, 0.05) is 11.7 Å². The van der Waals surface area contributed by atoms with Crippen molar-refractivity contribution in [2.45, 2.75) is 56.9 Å². The van der Waals surface area contributed by atoms with Gasteiger partial charge < -0.3 is 5.73 Å². The molecule has 1 saturated carbocycles. The van der Waals surface area contributed by atoms with E-state index in [4.69, 9.17) is 5.73 Å². The quantitative estimate of drug-likeness (QED) is 0.839. The smallest absolute Gasteiger partial charge is 0.240 e. The maximum atomic E-state index is 12.4. The van der Waals surface area contributed by atoms with Crippen molar-refractivity contribution in [3.8, 4) is 0 Å². The van der Waals surface area contributed by atoms with Crippen LogP contribution in [-0.2, 0) is 10.0 Å². The summed E-state index contributed by atoms with van der Waals surface area (Å²) in [5.41, 5.74) is 7.15. The molecule has 0 bridgehead atoms. The van der Waals surface area contributed by atoms with Gasteiger partial charge in [-0.05, 0) is 49.4 Å². The molecule has 112 valence electrons. The number of hydrogen-bond donors (Lipinski definition) is 2. The molecule has 1 aromatic rings. The van der Waals surface area contributed by atoms with Crippen molar-refractivity contribution >= 4 is 15.7 Å². The highest BCUT2D eigenvalue weighted by molar-refractivity contribution is 7.89. The van der Waals surface area contributed by atoms with E-state index >= 15 is 0 Å². The molecule has 1 fully saturated rings. The van der Waals surface area contributed by atoms with E-state index in [9.17, 15) is 8.42 Å². The number of nitrogen functional groups attached to an aromatic ring is 1. The van der Waals surface area contributed by atoms with Gasteiger partial charge in [-0.15, -0.1) is 0 Å². The minimum atomic E-state index is -3.44. The Bertz CT molecular complexity index is 569. The summed E-state index contributed by atoms with van der Waals surface area (Å²) < 4.78 is 27.7. The molecule has 0 aliphatic heterocycles. The van der Waals surface area contributed by atoms with E-state index in [1.54, 1.807) is 18.2 Å². The molecule has 2 atom stereocenters. The van der Waals surface area contributed by atoms with Gasteiger partial charge in [-0.3, -0.25) is 0 Å². The van der Waals surface area contributed by atoms with Crippen LogP contribution in [-0.4, -0.2) is 14.5 Å². The number of nitrogens with one attached hydrogen (secondary N) is 1. The van der Waals surface area contributed by atoms with Gasteiger partial charge in [-0.1, -0.05) is 26.2 Å². The van der Waals surface area contributed by atoms with E-state index < -0.39 is 10.0 Å². The highest BCUT2D eigenvalue weighted by Gasteiger charge is 2.25. The van der Waals surface area contributed by atoms with Crippen LogP contribution in [0.1, 0.15) is 44.6 Å². The third-order valence-corrected chi connectivity index (χ3v) is 5.75. The lowest BCUT2D eigenvalue weighted by atomic mass is 9.85. The summed E-state index contributed by atoms with van der Waals surface area (Å²) >= 11 is 0. The van der Waals surface area contributed by atoms with Crippen LogP contribution in [0.5, 0.6) is 0 Å². The SMILES string of the molecule is CCC1CCCC(NS(=O)(=O)c2ccc(N)c(C)c2)C1. The molecule has 1 aromatic carbocycles. The number of anilines is 1. The molecule has 0 saturated heterocycles. The molecule has 2 rings (SSSR count). The summed E-state index contributed by atoms with van der Waals surface area (Å²) in [5.74, 6) is 0.643. The van der Waals surface area contributed by atoms with Crippen molar-refractivity contribution in [1.29, 1.82) is 0 Å². The lowest BCUT2D eigenvalue weighted by molar-refractivity contribution is 0.301. The van der Waals surface area contributed by atoms with Crippen LogP contribution in [0.2, 0.25) is 0 Å². The molecule has 0 radical (unpaired) electrons. The normalized spacial score (nSPS) is 23.7. The lowest BCUT2D eigenvalue weighted by Crippen LogP contribution is -2.38. The Morgan fingerprint density at radius 1 is 1.35 bits per heavy atom. The molecule has 0 spiro atoms. The molecule has 2 unspecified atom stereocenters. The first-order chi connectivity index (χ1) is 9.42. The summed E-state index contributed by atoms with van der Waals surface area (Å²) in [6.45, 7) is 3.99. The zero-order valence-electron chi connectivity index (χ0n) is 12.2. The molecular weight excluding hydrogens is 272 g/mol. The lowest BCUT2D eigenvalue weighted by Gasteiger charge is -2.28. The summed E-state index contributed by atoms with van der Waals surface area (Å²) in [6, 6.07) is 4.93. The molecule has 4 nitrogen and oxygen atoms in total. The maximum absolute atomic E-state index is 12.4. The van der Waals surface area contributed by atoms with Crippen LogP contribution in [0.4, 0.5) is 5.69 Å². The van der Waals surface area contributed by atoms with E-state index in [1.165, 1.54) is 6.42 Å². The van der Waals surface area contributed by atoms with Crippen LogP contribution < -0.4 is 10.5 Å². The van der Waals surface area contributed by atoms with Gasteiger partial charge in [0.1, 0.15) is 0 Å². The molecule has 0 amide bonds. The fourth-order valence-corrected chi connectivity index (χ4v) is 4.24. The molecule has 1 aliphatic rings. The van der Waals surface area contributed by atoms with Gasteiger partial charge in [-0.25, -0.2) is 13.1 Å². The van der Waals surface area contributed by atoms with Gasteiger partial charge in [0.2, 0.25) is 10.0 Å². The van der Waals surface area contributed by atoms with Crippen molar-refractivity contribution in [2.24, 2.45) is 5.92 Å². The monoisotopic (exact) mass is 296 g/mol. The number of rotatable bonds is 4. The Hall–Kier alpha value is -1.07. The van der Waals surface area contributed by atoms with E-state index in [-0.39, 0.29) is 6.04 Å². The molecule has 0 aromatic heterocycles. The summed E-state index contributed by atoms with van der Waals surface area (Å²) in [6.07, 6.45) is 5.33. The standard InChI is InChI=1S/C15H24N2O2S/c1-3-12-5-4-6-13(10-12)17-20(18,19)14-7-8-15(16)11(2)9-14/h7-9,12-13,17H,3-6,10,16H2,1-2H3. The Labute approximate surface area is 121 Å². The Balaban J connectivity index is 2.12. The van der Waals surface area contributed by atoms with Crippen LogP contribution in [0, 0.1) is 12.8 Å². The third-order valence-electron chi connectivity index (χ3n) is 4.23. The zero-order valence-corrected chi connectivity index (χ0v) is 13.0. The van der Waals surface area contributed by atoms with Crippen LogP contribution in [0.15, 0.2) is 23.1 Å². The first-order valence-electron chi connectivity index (χ1n) is 7.31. The first-order valence-corrected chi connectivity index (χ1v) is 8.79. The third kappa shape index (κ3) is 3.52. The maximum Gasteiger partial charge on any atom is 0.240 e. The number of sulfonamides is 1. The van der Waals surface area contributed by atoms with Crippen LogP contribution >= 0.6 is 0 Å². The largest absolute Gasteiger partial charge is 0.399 e. The summed E-state index contributed by atoms with van der Waals surface area (Å²) in [4.78, 5) is 0.308. The van der Waals surface area contributed by atoms with E-state index in [0.29, 0.717) is 16.5 Å². The van der Waals surface area contributed by atoms with E-state index in [1.807, 2.05) is 6.92 Å². The molecule has 5 heteroatoms. The highest BCUT2D eigenvalue weighted by atomic mass is 32.2. The van der Waals surface area contributed by atoms with E-state index in [0.717, 1.165) is 31.2 Å².